The summed E-state index contributed by atoms with van der Waals surface area (Å²) in [6.45, 7) is 4.34. The van der Waals surface area contributed by atoms with Gasteiger partial charge in [-0.25, -0.2) is 0 Å². The van der Waals surface area contributed by atoms with Crippen LogP contribution < -0.4 is 4.74 Å². The fourth-order valence-electron chi connectivity index (χ4n) is 3.21. The van der Waals surface area contributed by atoms with Crippen molar-refractivity contribution >= 4 is 0 Å². The summed E-state index contributed by atoms with van der Waals surface area (Å²) in [4.78, 5) is 0. The highest BCUT2D eigenvalue weighted by atomic mass is 19.4. The van der Waals surface area contributed by atoms with Crippen molar-refractivity contribution in [1.29, 1.82) is 0 Å². The summed E-state index contributed by atoms with van der Waals surface area (Å²) < 4.78 is 63.4. The van der Waals surface area contributed by atoms with Crippen molar-refractivity contribution in [2.24, 2.45) is 11.8 Å². The Morgan fingerprint density at radius 3 is 2.18 bits per heavy atom. The van der Waals surface area contributed by atoms with Crippen molar-refractivity contribution in [3.05, 3.63) is 42.0 Å². The zero-order valence-corrected chi connectivity index (χ0v) is 15.7. The Bertz CT molecular complexity index is 616. The van der Waals surface area contributed by atoms with Crippen molar-refractivity contribution in [2.45, 2.75) is 38.7 Å². The van der Waals surface area contributed by atoms with E-state index in [9.17, 15) is 13.2 Å². The van der Waals surface area contributed by atoms with Crippen molar-refractivity contribution in [2.75, 3.05) is 26.4 Å². The first-order valence-corrected chi connectivity index (χ1v) is 9.38. The van der Waals surface area contributed by atoms with E-state index in [1.165, 1.54) is 24.3 Å². The molecule has 1 aromatic rings. The molecule has 5 nitrogen and oxygen atoms in total. The molecule has 2 aliphatic rings. The maximum absolute atomic E-state index is 12.2. The molecule has 28 heavy (non-hydrogen) atoms. The van der Waals surface area contributed by atoms with Gasteiger partial charge in [0.2, 0.25) is 0 Å². The van der Waals surface area contributed by atoms with E-state index in [0.717, 1.165) is 12.8 Å². The van der Waals surface area contributed by atoms with E-state index in [1.807, 2.05) is 13.0 Å². The minimum Gasteiger partial charge on any atom is -0.406 e. The van der Waals surface area contributed by atoms with E-state index in [4.69, 9.17) is 18.9 Å². The van der Waals surface area contributed by atoms with Crippen molar-refractivity contribution < 1.29 is 36.9 Å². The zero-order chi connectivity index (χ0) is 20.0. The number of allylic oxidation sites excluding steroid dienone is 1. The first kappa shape index (κ1) is 21.1. The number of rotatable bonds is 6. The Morgan fingerprint density at radius 2 is 1.61 bits per heavy atom. The maximum Gasteiger partial charge on any atom is 0.573 e. The van der Waals surface area contributed by atoms with E-state index >= 15 is 0 Å². The van der Waals surface area contributed by atoms with Crippen LogP contribution in [0.15, 0.2) is 36.4 Å². The fraction of sp³-hybridized carbons (Fsp3) is 0.600. The Balaban J connectivity index is 1.38. The van der Waals surface area contributed by atoms with Crippen LogP contribution in [0.2, 0.25) is 0 Å². The van der Waals surface area contributed by atoms with Gasteiger partial charge in [0, 0.05) is 17.4 Å². The molecule has 0 unspecified atom stereocenters. The van der Waals surface area contributed by atoms with Crippen LogP contribution in [0.4, 0.5) is 13.2 Å². The molecule has 0 radical (unpaired) electrons. The molecule has 0 N–H and O–H groups in total. The highest BCUT2D eigenvalue weighted by Gasteiger charge is 2.31. The molecule has 0 aliphatic carbocycles. The first-order chi connectivity index (χ1) is 13.4. The molecule has 8 heteroatoms. The van der Waals surface area contributed by atoms with Gasteiger partial charge in [0.15, 0.2) is 12.6 Å². The SMILES string of the molecule is C/C=C/[C@H]1CO[C@H](CC[C@H]2CO[C@H](c3ccc(OC(F)(F)F)cc3)OC2)OC1. The van der Waals surface area contributed by atoms with Gasteiger partial charge in [-0.3, -0.25) is 0 Å². The lowest BCUT2D eigenvalue weighted by molar-refractivity contribution is -0.274. The molecular formula is C20H25F3O5. The minimum atomic E-state index is -4.70. The Hall–Kier alpha value is -1.61. The third kappa shape index (κ3) is 6.48. The quantitative estimate of drug-likeness (QED) is 0.652. The van der Waals surface area contributed by atoms with Gasteiger partial charge in [0.25, 0.3) is 0 Å². The van der Waals surface area contributed by atoms with Gasteiger partial charge < -0.3 is 23.7 Å². The second kappa shape index (κ2) is 9.73. The number of halogens is 3. The molecule has 2 heterocycles. The monoisotopic (exact) mass is 402 g/mol. The predicted molar refractivity (Wildman–Crippen MR) is 94.5 cm³/mol. The largest absolute Gasteiger partial charge is 0.573 e. The summed E-state index contributed by atoms with van der Waals surface area (Å²) in [5.41, 5.74) is 0.655. The average Bonchev–Trinajstić information content (AvgIpc) is 2.68. The van der Waals surface area contributed by atoms with Gasteiger partial charge in [-0.1, -0.05) is 24.3 Å². The number of benzene rings is 1. The van der Waals surface area contributed by atoms with Crippen molar-refractivity contribution in [1.82, 2.24) is 0 Å². The standard InChI is InChI=1S/C20H25F3O5/c1-2-3-14-10-24-18(25-11-14)9-4-15-12-26-19(27-13-15)16-5-7-17(8-6-16)28-20(21,22)23/h2-3,5-8,14-15,18-19H,4,9-13H2,1H3/b3-2+/t14-,15-,18-,19-. The molecule has 2 saturated heterocycles. The summed E-state index contributed by atoms with van der Waals surface area (Å²) in [5.74, 6) is 0.273. The van der Waals surface area contributed by atoms with Gasteiger partial charge in [0.05, 0.1) is 26.4 Å². The molecule has 0 saturated carbocycles. The van der Waals surface area contributed by atoms with Crippen LogP contribution in [0, 0.1) is 11.8 Å². The van der Waals surface area contributed by atoms with Gasteiger partial charge in [-0.2, -0.15) is 0 Å². The lowest BCUT2D eigenvalue weighted by Crippen LogP contribution is -2.33. The fourth-order valence-corrected chi connectivity index (χ4v) is 3.21. The smallest absolute Gasteiger partial charge is 0.406 e. The molecule has 0 spiro atoms. The molecule has 3 rings (SSSR count). The molecule has 2 fully saturated rings. The minimum absolute atomic E-state index is 0.194. The molecular weight excluding hydrogens is 377 g/mol. The van der Waals surface area contributed by atoms with Gasteiger partial charge in [-0.05, 0) is 31.9 Å². The van der Waals surface area contributed by atoms with Crippen molar-refractivity contribution in [3.8, 4) is 5.75 Å². The molecule has 0 amide bonds. The molecule has 2 aliphatic heterocycles. The maximum atomic E-state index is 12.2. The van der Waals surface area contributed by atoms with E-state index < -0.39 is 12.7 Å². The van der Waals surface area contributed by atoms with Crippen LogP contribution in [0.5, 0.6) is 5.75 Å². The Kier molecular flexibility index (Phi) is 7.34. The molecule has 0 bridgehead atoms. The van der Waals surface area contributed by atoms with Gasteiger partial charge in [-0.15, -0.1) is 13.2 Å². The lowest BCUT2D eigenvalue weighted by Gasteiger charge is -2.32. The number of hydrogen-bond donors (Lipinski definition) is 0. The van der Waals surface area contributed by atoms with Crippen LogP contribution in [-0.4, -0.2) is 39.1 Å². The Labute approximate surface area is 162 Å². The predicted octanol–water partition coefficient (Wildman–Crippen LogP) is 4.59. The summed E-state index contributed by atoms with van der Waals surface area (Å²) >= 11 is 0. The topological polar surface area (TPSA) is 46.2 Å². The van der Waals surface area contributed by atoms with Crippen LogP contribution in [0.25, 0.3) is 0 Å². The Morgan fingerprint density at radius 1 is 0.964 bits per heavy atom. The van der Waals surface area contributed by atoms with E-state index in [2.05, 4.69) is 10.8 Å². The van der Waals surface area contributed by atoms with Gasteiger partial charge in [0.1, 0.15) is 5.75 Å². The second-order valence-electron chi connectivity index (χ2n) is 6.94. The van der Waals surface area contributed by atoms with Crippen LogP contribution in [0.1, 0.15) is 31.6 Å². The van der Waals surface area contributed by atoms with E-state index in [1.54, 1.807) is 0 Å². The van der Waals surface area contributed by atoms with Crippen molar-refractivity contribution in [3.63, 3.8) is 0 Å². The summed E-state index contributed by atoms with van der Waals surface area (Å²) in [7, 11) is 0. The summed E-state index contributed by atoms with van der Waals surface area (Å²) in [6.07, 6.45) is 0.229. The van der Waals surface area contributed by atoms with E-state index in [-0.39, 0.29) is 18.0 Å². The first-order valence-electron chi connectivity index (χ1n) is 9.38. The van der Waals surface area contributed by atoms with Crippen LogP contribution in [0.3, 0.4) is 0 Å². The molecule has 1 aromatic carbocycles. The summed E-state index contributed by atoms with van der Waals surface area (Å²) in [5, 5.41) is 0. The second-order valence-corrected chi connectivity index (χ2v) is 6.94. The number of hydrogen-bond acceptors (Lipinski definition) is 5. The zero-order valence-electron chi connectivity index (χ0n) is 15.7. The highest BCUT2D eigenvalue weighted by molar-refractivity contribution is 5.28. The van der Waals surface area contributed by atoms with E-state index in [0.29, 0.717) is 37.9 Å². The molecule has 0 aromatic heterocycles. The highest BCUT2D eigenvalue weighted by Crippen LogP contribution is 2.30. The number of alkyl halides is 3. The normalized spacial score (nSPS) is 29.1. The van der Waals surface area contributed by atoms with Crippen LogP contribution >= 0.6 is 0 Å². The molecule has 0 atom stereocenters. The third-order valence-corrected chi connectivity index (χ3v) is 4.62. The number of ether oxygens (including phenoxy) is 5. The van der Waals surface area contributed by atoms with Gasteiger partial charge >= 0.3 is 6.36 Å². The molecule has 156 valence electrons. The summed E-state index contributed by atoms with van der Waals surface area (Å²) in [6, 6.07) is 5.52. The van der Waals surface area contributed by atoms with Crippen LogP contribution in [-0.2, 0) is 18.9 Å². The lowest BCUT2D eigenvalue weighted by atomic mass is 10.0. The third-order valence-electron chi connectivity index (χ3n) is 4.62. The average molecular weight is 402 g/mol.